The van der Waals surface area contributed by atoms with Crippen LogP contribution in [-0.4, -0.2) is 31.5 Å². The van der Waals surface area contributed by atoms with Crippen molar-refractivity contribution >= 4 is 0 Å². The first kappa shape index (κ1) is 12.1. The van der Waals surface area contributed by atoms with E-state index in [1.165, 1.54) is 0 Å². The summed E-state index contributed by atoms with van der Waals surface area (Å²) < 4.78 is 1.94. The predicted octanol–water partition coefficient (Wildman–Crippen LogP) is 0.373. The molecule has 1 unspecified atom stereocenters. The lowest BCUT2D eigenvalue weighted by Gasteiger charge is -2.29. The van der Waals surface area contributed by atoms with Gasteiger partial charge in [-0.3, -0.25) is 0 Å². The Hall–Kier alpha value is -0.940. The third-order valence-corrected chi connectivity index (χ3v) is 2.93. The van der Waals surface area contributed by atoms with E-state index in [0.717, 1.165) is 11.6 Å². The van der Waals surface area contributed by atoms with Crippen molar-refractivity contribution in [1.82, 2.24) is 20.1 Å². The maximum Gasteiger partial charge on any atom is 0.146 e. The van der Waals surface area contributed by atoms with Crippen molar-refractivity contribution in [2.24, 2.45) is 7.05 Å². The summed E-state index contributed by atoms with van der Waals surface area (Å²) >= 11 is 0. The minimum absolute atomic E-state index is 0.320. The van der Waals surface area contributed by atoms with Gasteiger partial charge in [0, 0.05) is 12.6 Å². The molecule has 0 radical (unpaired) electrons. The summed E-state index contributed by atoms with van der Waals surface area (Å²) in [5.74, 6) is 1.77. The van der Waals surface area contributed by atoms with Crippen LogP contribution >= 0.6 is 0 Å². The smallest absolute Gasteiger partial charge is 0.146 e. The minimum Gasteiger partial charge on any atom is -0.392 e. The lowest BCUT2D eigenvalue weighted by atomic mass is 9.99. The molecule has 0 saturated heterocycles. The molecule has 86 valence electrons. The molecule has 0 fully saturated rings. The highest BCUT2D eigenvalue weighted by atomic mass is 16.3. The summed E-state index contributed by atoms with van der Waals surface area (Å²) in [6, 6.07) is 0. The van der Waals surface area contributed by atoms with E-state index in [2.05, 4.69) is 15.5 Å². The average Bonchev–Trinajstić information content (AvgIpc) is 2.45. The number of aromatic nitrogens is 3. The van der Waals surface area contributed by atoms with Crippen LogP contribution in [-0.2, 0) is 13.6 Å². The molecule has 5 heteroatoms. The van der Waals surface area contributed by atoms with E-state index in [1.807, 2.05) is 32.4 Å². The van der Waals surface area contributed by atoms with Crippen LogP contribution in [0.25, 0.3) is 0 Å². The highest BCUT2D eigenvalue weighted by molar-refractivity contribution is 4.94. The van der Waals surface area contributed by atoms with Gasteiger partial charge in [-0.2, -0.15) is 0 Å². The van der Waals surface area contributed by atoms with Gasteiger partial charge < -0.3 is 15.0 Å². The van der Waals surface area contributed by atoms with Crippen LogP contribution in [0.5, 0.6) is 0 Å². The zero-order valence-corrected chi connectivity index (χ0v) is 10.1. The van der Waals surface area contributed by atoms with Crippen LogP contribution in [0.3, 0.4) is 0 Å². The van der Waals surface area contributed by atoms with Gasteiger partial charge in [-0.25, -0.2) is 0 Å². The molecule has 1 aromatic heterocycles. The molecule has 0 saturated carbocycles. The molecule has 1 atom stereocenters. The largest absolute Gasteiger partial charge is 0.392 e. The van der Waals surface area contributed by atoms with Gasteiger partial charge >= 0.3 is 0 Å². The van der Waals surface area contributed by atoms with Crippen LogP contribution in [0.2, 0.25) is 0 Å². The highest BCUT2D eigenvalue weighted by Gasteiger charge is 2.23. The molecule has 0 aliphatic rings. The van der Waals surface area contributed by atoms with Crippen molar-refractivity contribution < 1.29 is 5.11 Å². The van der Waals surface area contributed by atoms with E-state index in [9.17, 15) is 5.11 Å². The Kier molecular flexibility index (Phi) is 3.46. The summed E-state index contributed by atoms with van der Waals surface area (Å²) in [4.78, 5) is 0. The number of rotatable bonds is 4. The van der Waals surface area contributed by atoms with Gasteiger partial charge in [0.2, 0.25) is 0 Å². The second-order valence-corrected chi connectivity index (χ2v) is 4.47. The molecule has 0 aliphatic carbocycles. The SMILES string of the molecule is Cc1nnc(CNC(C)(C)C(C)O)n1C. The Bertz CT molecular complexity index is 330. The van der Waals surface area contributed by atoms with E-state index in [-0.39, 0.29) is 5.54 Å². The van der Waals surface area contributed by atoms with E-state index in [1.54, 1.807) is 6.92 Å². The van der Waals surface area contributed by atoms with Crippen molar-refractivity contribution in [2.45, 2.75) is 45.9 Å². The average molecular weight is 212 g/mol. The lowest BCUT2D eigenvalue weighted by Crippen LogP contribution is -2.48. The molecule has 5 nitrogen and oxygen atoms in total. The zero-order valence-electron chi connectivity index (χ0n) is 10.1. The normalized spacial score (nSPS) is 14.3. The van der Waals surface area contributed by atoms with Gasteiger partial charge in [0.05, 0.1) is 12.6 Å². The summed E-state index contributed by atoms with van der Waals surface area (Å²) in [6.45, 7) is 8.21. The molecule has 1 rings (SSSR count). The Morgan fingerprint density at radius 1 is 1.47 bits per heavy atom. The Labute approximate surface area is 90.5 Å². The van der Waals surface area contributed by atoms with Crippen LogP contribution in [0.15, 0.2) is 0 Å². The lowest BCUT2D eigenvalue weighted by molar-refractivity contribution is 0.0949. The van der Waals surface area contributed by atoms with Crippen LogP contribution in [0.1, 0.15) is 32.4 Å². The number of hydrogen-bond donors (Lipinski definition) is 2. The molecule has 0 bridgehead atoms. The van der Waals surface area contributed by atoms with Gasteiger partial charge in [0.15, 0.2) is 0 Å². The Morgan fingerprint density at radius 2 is 2.07 bits per heavy atom. The monoisotopic (exact) mass is 212 g/mol. The fourth-order valence-electron chi connectivity index (χ4n) is 1.06. The van der Waals surface area contributed by atoms with E-state index < -0.39 is 6.10 Å². The molecule has 0 aromatic carbocycles. The third-order valence-electron chi connectivity index (χ3n) is 2.93. The van der Waals surface area contributed by atoms with Crippen molar-refractivity contribution in [2.75, 3.05) is 0 Å². The minimum atomic E-state index is -0.410. The van der Waals surface area contributed by atoms with E-state index in [4.69, 9.17) is 0 Å². The highest BCUT2D eigenvalue weighted by Crippen LogP contribution is 2.09. The first-order chi connectivity index (χ1) is 6.84. The fourth-order valence-corrected chi connectivity index (χ4v) is 1.06. The predicted molar refractivity (Wildman–Crippen MR) is 58.3 cm³/mol. The fraction of sp³-hybridized carbons (Fsp3) is 0.800. The number of aliphatic hydroxyl groups excluding tert-OH is 1. The third kappa shape index (κ3) is 2.76. The van der Waals surface area contributed by atoms with E-state index >= 15 is 0 Å². The Morgan fingerprint density at radius 3 is 2.47 bits per heavy atom. The molecule has 0 aliphatic heterocycles. The maximum absolute atomic E-state index is 9.53. The molecular weight excluding hydrogens is 192 g/mol. The summed E-state index contributed by atoms with van der Waals surface area (Å²) in [6.07, 6.45) is -0.410. The summed E-state index contributed by atoms with van der Waals surface area (Å²) in [7, 11) is 1.93. The number of aliphatic hydroxyl groups is 1. The molecule has 2 N–H and O–H groups in total. The molecule has 15 heavy (non-hydrogen) atoms. The molecule has 1 aromatic rings. The number of aryl methyl sites for hydroxylation is 1. The van der Waals surface area contributed by atoms with Crippen molar-refractivity contribution in [3.8, 4) is 0 Å². The van der Waals surface area contributed by atoms with Gasteiger partial charge in [-0.05, 0) is 27.7 Å². The van der Waals surface area contributed by atoms with Gasteiger partial charge in [0.25, 0.3) is 0 Å². The topological polar surface area (TPSA) is 63.0 Å². The second kappa shape index (κ2) is 4.28. The summed E-state index contributed by atoms with van der Waals surface area (Å²) in [5, 5.41) is 20.8. The van der Waals surface area contributed by atoms with Crippen LogP contribution in [0.4, 0.5) is 0 Å². The van der Waals surface area contributed by atoms with Crippen LogP contribution in [0, 0.1) is 6.92 Å². The van der Waals surface area contributed by atoms with Crippen LogP contribution < -0.4 is 5.32 Å². The van der Waals surface area contributed by atoms with Crippen molar-refractivity contribution in [3.05, 3.63) is 11.6 Å². The van der Waals surface area contributed by atoms with Gasteiger partial charge in [-0.15, -0.1) is 10.2 Å². The number of nitrogens with zero attached hydrogens (tertiary/aromatic N) is 3. The number of nitrogens with one attached hydrogen (secondary N) is 1. The Balaban J connectivity index is 2.61. The molecule has 1 heterocycles. The molecule has 0 amide bonds. The standard InChI is InChI=1S/C10H20N4O/c1-7(15)10(3,4)11-6-9-13-12-8(2)14(9)5/h7,11,15H,6H2,1-5H3. The second-order valence-electron chi connectivity index (χ2n) is 4.47. The first-order valence-corrected chi connectivity index (χ1v) is 5.12. The quantitative estimate of drug-likeness (QED) is 0.757. The van der Waals surface area contributed by atoms with Gasteiger partial charge in [-0.1, -0.05) is 0 Å². The molecule has 0 spiro atoms. The van der Waals surface area contributed by atoms with E-state index in [0.29, 0.717) is 6.54 Å². The zero-order chi connectivity index (χ0) is 11.6. The number of hydrogen-bond acceptors (Lipinski definition) is 4. The summed E-state index contributed by atoms with van der Waals surface area (Å²) in [5.41, 5.74) is -0.320. The van der Waals surface area contributed by atoms with Crippen molar-refractivity contribution in [3.63, 3.8) is 0 Å². The van der Waals surface area contributed by atoms with Crippen molar-refractivity contribution in [1.29, 1.82) is 0 Å². The molecular formula is C10H20N4O. The first-order valence-electron chi connectivity index (χ1n) is 5.12. The maximum atomic E-state index is 9.53. The van der Waals surface area contributed by atoms with Gasteiger partial charge in [0.1, 0.15) is 11.6 Å².